The van der Waals surface area contributed by atoms with Crippen molar-refractivity contribution < 1.29 is 9.18 Å². The van der Waals surface area contributed by atoms with Gasteiger partial charge in [0.05, 0.1) is 0 Å². The topological polar surface area (TPSA) is 35.6 Å². The van der Waals surface area contributed by atoms with E-state index in [-0.39, 0.29) is 23.3 Å². The van der Waals surface area contributed by atoms with Gasteiger partial charge >= 0.3 is 0 Å². The number of carbonyl (C=O) groups excluding carboxylic acids is 1. The van der Waals surface area contributed by atoms with Gasteiger partial charge in [-0.1, -0.05) is 36.4 Å². The van der Waals surface area contributed by atoms with Crippen molar-refractivity contribution >= 4 is 5.91 Å². The lowest BCUT2D eigenvalue weighted by atomic mass is 9.84. The highest BCUT2D eigenvalue weighted by molar-refractivity contribution is 5.73. The molecular formula is C24H30FN3O. The van der Waals surface area contributed by atoms with E-state index >= 15 is 0 Å². The summed E-state index contributed by atoms with van der Waals surface area (Å²) in [7, 11) is 2.20. The van der Waals surface area contributed by atoms with Crippen LogP contribution >= 0.6 is 0 Å². The Labute approximate surface area is 172 Å². The standard InChI is InChI=1S/C24H30FN3O/c1-18(29)26-23-15-24(27(2)17-23)11-13-28(14-12-24)16-19-3-5-20(6-4-19)21-7-9-22(25)10-8-21/h3-10,23H,11-17H2,1-2H3,(H,26,29)/t23-/m0/s1. The fraction of sp³-hybridized carbons (Fsp3) is 0.458. The van der Waals surface area contributed by atoms with E-state index < -0.39 is 0 Å². The Bertz CT molecular complexity index is 841. The van der Waals surface area contributed by atoms with E-state index in [0.717, 1.165) is 56.6 Å². The number of benzene rings is 2. The molecule has 2 aliphatic rings. The molecule has 2 aliphatic heterocycles. The number of likely N-dealkylation sites (N-methyl/N-ethyl adjacent to an activating group) is 1. The monoisotopic (exact) mass is 395 g/mol. The third kappa shape index (κ3) is 4.51. The van der Waals surface area contributed by atoms with Gasteiger partial charge in [0.2, 0.25) is 5.91 Å². The number of hydrogen-bond donors (Lipinski definition) is 1. The van der Waals surface area contributed by atoms with Gasteiger partial charge in [0.1, 0.15) is 5.82 Å². The summed E-state index contributed by atoms with van der Waals surface area (Å²) >= 11 is 0. The van der Waals surface area contributed by atoms with Gasteiger partial charge in [-0.25, -0.2) is 4.39 Å². The van der Waals surface area contributed by atoms with E-state index in [9.17, 15) is 9.18 Å². The second-order valence-electron chi connectivity index (χ2n) is 8.69. The molecule has 1 amide bonds. The maximum Gasteiger partial charge on any atom is 0.217 e. The second-order valence-corrected chi connectivity index (χ2v) is 8.69. The summed E-state index contributed by atoms with van der Waals surface area (Å²) in [5, 5.41) is 3.10. The van der Waals surface area contributed by atoms with Gasteiger partial charge in [-0.05, 0) is 55.1 Å². The van der Waals surface area contributed by atoms with Crippen molar-refractivity contribution in [1.29, 1.82) is 0 Å². The first kappa shape index (κ1) is 20.0. The second kappa shape index (κ2) is 8.25. The minimum Gasteiger partial charge on any atom is -0.352 e. The van der Waals surface area contributed by atoms with Crippen LogP contribution in [0.3, 0.4) is 0 Å². The number of halogens is 1. The summed E-state index contributed by atoms with van der Waals surface area (Å²) in [5.41, 5.74) is 3.69. The Morgan fingerprint density at radius 2 is 1.66 bits per heavy atom. The van der Waals surface area contributed by atoms with Crippen molar-refractivity contribution in [1.82, 2.24) is 15.1 Å². The predicted molar refractivity (Wildman–Crippen MR) is 114 cm³/mol. The molecule has 0 radical (unpaired) electrons. The molecule has 2 saturated heterocycles. The van der Waals surface area contributed by atoms with Gasteiger partial charge in [-0.3, -0.25) is 14.6 Å². The average molecular weight is 396 g/mol. The van der Waals surface area contributed by atoms with Crippen LogP contribution in [0.5, 0.6) is 0 Å². The molecular weight excluding hydrogens is 365 g/mol. The summed E-state index contributed by atoms with van der Waals surface area (Å²) in [6, 6.07) is 15.5. The number of piperidine rings is 1. The zero-order chi connectivity index (χ0) is 20.4. The van der Waals surface area contributed by atoms with Crippen molar-refractivity contribution in [3.63, 3.8) is 0 Å². The predicted octanol–water partition coefficient (Wildman–Crippen LogP) is 3.67. The Hall–Kier alpha value is -2.24. The molecule has 2 aromatic carbocycles. The summed E-state index contributed by atoms with van der Waals surface area (Å²) in [5.74, 6) is -0.133. The SMILES string of the molecule is CC(=O)N[C@@H]1CN(C)C2(CCN(Cc3ccc(-c4ccc(F)cc4)cc3)CC2)C1. The first-order chi connectivity index (χ1) is 13.9. The minimum absolute atomic E-state index is 0.0713. The minimum atomic E-state index is -0.204. The van der Waals surface area contributed by atoms with Crippen LogP contribution < -0.4 is 5.32 Å². The fourth-order valence-corrected chi connectivity index (χ4v) is 5.00. The van der Waals surface area contributed by atoms with Crippen LogP contribution in [0.4, 0.5) is 4.39 Å². The smallest absolute Gasteiger partial charge is 0.217 e. The molecule has 154 valence electrons. The molecule has 0 unspecified atom stereocenters. The Kier molecular flexibility index (Phi) is 5.70. The van der Waals surface area contributed by atoms with E-state index in [0.29, 0.717) is 0 Å². The van der Waals surface area contributed by atoms with E-state index in [4.69, 9.17) is 0 Å². The van der Waals surface area contributed by atoms with Gasteiger partial charge < -0.3 is 5.32 Å². The molecule has 5 heteroatoms. The maximum absolute atomic E-state index is 13.1. The molecule has 29 heavy (non-hydrogen) atoms. The van der Waals surface area contributed by atoms with Crippen molar-refractivity contribution in [2.75, 3.05) is 26.7 Å². The molecule has 0 aromatic heterocycles. The van der Waals surface area contributed by atoms with Gasteiger partial charge in [0, 0.05) is 44.7 Å². The van der Waals surface area contributed by atoms with E-state index in [1.54, 1.807) is 6.92 Å². The summed E-state index contributed by atoms with van der Waals surface area (Å²) in [4.78, 5) is 16.4. The average Bonchev–Trinajstić information content (AvgIpc) is 2.99. The third-order valence-electron chi connectivity index (χ3n) is 6.66. The van der Waals surface area contributed by atoms with Crippen LogP contribution in [0, 0.1) is 5.82 Å². The Morgan fingerprint density at radius 1 is 1.07 bits per heavy atom. The van der Waals surface area contributed by atoms with Crippen molar-refractivity contribution in [2.24, 2.45) is 0 Å². The van der Waals surface area contributed by atoms with Gasteiger partial charge in [0.25, 0.3) is 0 Å². The normalized spacial score (nSPS) is 22.1. The molecule has 4 nitrogen and oxygen atoms in total. The number of carbonyl (C=O) groups is 1. The quantitative estimate of drug-likeness (QED) is 0.858. The van der Waals surface area contributed by atoms with Gasteiger partial charge in [-0.15, -0.1) is 0 Å². The van der Waals surface area contributed by atoms with Crippen molar-refractivity contribution in [3.8, 4) is 11.1 Å². The Morgan fingerprint density at radius 3 is 2.24 bits per heavy atom. The molecule has 1 atom stereocenters. The summed E-state index contributed by atoms with van der Waals surface area (Å²) in [6.45, 7) is 5.67. The molecule has 0 bridgehead atoms. The highest BCUT2D eigenvalue weighted by atomic mass is 19.1. The van der Waals surface area contributed by atoms with Crippen LogP contribution in [0.15, 0.2) is 48.5 Å². The molecule has 2 heterocycles. The maximum atomic E-state index is 13.1. The lowest BCUT2D eigenvalue weighted by molar-refractivity contribution is -0.119. The largest absolute Gasteiger partial charge is 0.352 e. The fourth-order valence-electron chi connectivity index (χ4n) is 5.00. The van der Waals surface area contributed by atoms with E-state index in [1.165, 1.54) is 17.7 Å². The van der Waals surface area contributed by atoms with E-state index in [1.807, 2.05) is 12.1 Å². The summed E-state index contributed by atoms with van der Waals surface area (Å²) in [6.07, 6.45) is 3.35. The molecule has 2 fully saturated rings. The number of hydrogen-bond acceptors (Lipinski definition) is 3. The molecule has 1 N–H and O–H groups in total. The third-order valence-corrected chi connectivity index (χ3v) is 6.66. The zero-order valence-corrected chi connectivity index (χ0v) is 17.3. The van der Waals surface area contributed by atoms with Gasteiger partial charge in [-0.2, -0.15) is 0 Å². The molecule has 2 aromatic rings. The van der Waals surface area contributed by atoms with Crippen molar-refractivity contribution in [3.05, 3.63) is 59.9 Å². The van der Waals surface area contributed by atoms with Crippen LogP contribution in [-0.2, 0) is 11.3 Å². The number of amides is 1. The lowest BCUT2D eigenvalue weighted by Gasteiger charge is -2.43. The molecule has 4 rings (SSSR count). The first-order valence-corrected chi connectivity index (χ1v) is 10.5. The summed E-state index contributed by atoms with van der Waals surface area (Å²) < 4.78 is 13.1. The number of nitrogens with one attached hydrogen (secondary N) is 1. The highest BCUT2D eigenvalue weighted by Gasteiger charge is 2.45. The number of nitrogens with zero attached hydrogens (tertiary/aromatic N) is 2. The van der Waals surface area contributed by atoms with E-state index in [2.05, 4.69) is 46.4 Å². The van der Waals surface area contributed by atoms with Crippen molar-refractivity contribution in [2.45, 2.75) is 44.3 Å². The first-order valence-electron chi connectivity index (χ1n) is 10.5. The highest BCUT2D eigenvalue weighted by Crippen LogP contribution is 2.37. The number of rotatable bonds is 4. The van der Waals surface area contributed by atoms with Crippen LogP contribution in [0.1, 0.15) is 31.7 Å². The van der Waals surface area contributed by atoms with Gasteiger partial charge in [0.15, 0.2) is 0 Å². The Balaban J connectivity index is 1.33. The van der Waals surface area contributed by atoms with Crippen LogP contribution in [0.2, 0.25) is 0 Å². The molecule has 0 aliphatic carbocycles. The molecule has 1 spiro atoms. The molecule has 0 saturated carbocycles. The number of likely N-dealkylation sites (tertiary alicyclic amines) is 2. The lowest BCUT2D eigenvalue weighted by Crippen LogP contribution is -2.50. The zero-order valence-electron chi connectivity index (χ0n) is 17.3. The van der Waals surface area contributed by atoms with Crippen LogP contribution in [0.25, 0.3) is 11.1 Å². The van der Waals surface area contributed by atoms with Crippen LogP contribution in [-0.4, -0.2) is 54.0 Å².